The first-order chi connectivity index (χ1) is 24.1. The van der Waals surface area contributed by atoms with Crippen LogP contribution in [0.25, 0.3) is 21.9 Å². The molecule has 0 aromatic heterocycles. The van der Waals surface area contributed by atoms with Crippen LogP contribution in [-0.2, 0) is 11.3 Å². The SMILES string of the molecule is CC(C)(C)OC(=O)Nc1cc(F)ccc1-c1ccc2cc(OCc3ccccc3)ccc2c1C(=O)c1ccc(OCCN2CCCCC2)cc1. The summed E-state index contributed by atoms with van der Waals surface area (Å²) in [6.07, 6.45) is 3.02. The Bertz CT molecular complexity index is 1950. The molecule has 0 spiro atoms. The number of nitrogens with one attached hydrogen (secondary N) is 1. The number of halogens is 1. The van der Waals surface area contributed by atoms with Crippen LogP contribution in [0.4, 0.5) is 14.9 Å². The normalized spacial score (nSPS) is 13.5. The molecule has 1 aliphatic heterocycles. The molecular weight excluding hydrogens is 631 g/mol. The highest BCUT2D eigenvalue weighted by molar-refractivity contribution is 6.21. The van der Waals surface area contributed by atoms with E-state index in [0.29, 0.717) is 52.4 Å². The van der Waals surface area contributed by atoms with Crippen LogP contribution in [0.5, 0.6) is 11.5 Å². The number of benzene rings is 5. The summed E-state index contributed by atoms with van der Waals surface area (Å²) in [5, 5.41) is 4.18. The molecule has 5 aromatic carbocycles. The Morgan fingerprint density at radius 3 is 2.24 bits per heavy atom. The van der Waals surface area contributed by atoms with Crippen molar-refractivity contribution >= 4 is 28.3 Å². The summed E-state index contributed by atoms with van der Waals surface area (Å²) in [6, 6.07) is 30.5. The summed E-state index contributed by atoms with van der Waals surface area (Å²) in [7, 11) is 0. The van der Waals surface area contributed by atoms with Gasteiger partial charge < -0.3 is 14.2 Å². The Balaban J connectivity index is 1.34. The van der Waals surface area contributed by atoms with Crippen LogP contribution in [0.3, 0.4) is 0 Å². The van der Waals surface area contributed by atoms with Crippen molar-refractivity contribution in [2.45, 2.75) is 52.2 Å². The summed E-state index contributed by atoms with van der Waals surface area (Å²) >= 11 is 0. The van der Waals surface area contributed by atoms with E-state index < -0.39 is 17.5 Å². The van der Waals surface area contributed by atoms with Crippen molar-refractivity contribution in [3.63, 3.8) is 0 Å². The number of fused-ring (bicyclic) bond motifs is 1. The fourth-order valence-electron chi connectivity index (χ4n) is 6.20. The average Bonchev–Trinajstić information content (AvgIpc) is 3.10. The van der Waals surface area contributed by atoms with E-state index in [-0.39, 0.29) is 11.5 Å². The number of carbonyl (C=O) groups is 2. The van der Waals surface area contributed by atoms with Crippen LogP contribution in [0, 0.1) is 5.82 Å². The molecule has 1 N–H and O–H groups in total. The lowest BCUT2D eigenvalue weighted by molar-refractivity contribution is 0.0635. The van der Waals surface area contributed by atoms with Crippen molar-refractivity contribution in [1.82, 2.24) is 4.90 Å². The van der Waals surface area contributed by atoms with E-state index in [2.05, 4.69) is 10.2 Å². The number of carbonyl (C=O) groups excluding carboxylic acids is 2. The molecule has 6 rings (SSSR count). The average molecular weight is 675 g/mol. The molecule has 0 bridgehead atoms. The fourth-order valence-corrected chi connectivity index (χ4v) is 6.20. The number of nitrogens with zero attached hydrogens (tertiary/aromatic N) is 1. The highest BCUT2D eigenvalue weighted by Gasteiger charge is 2.23. The van der Waals surface area contributed by atoms with Gasteiger partial charge >= 0.3 is 6.09 Å². The smallest absolute Gasteiger partial charge is 0.412 e. The Morgan fingerprint density at radius 2 is 1.50 bits per heavy atom. The van der Waals surface area contributed by atoms with E-state index >= 15 is 0 Å². The first-order valence-electron chi connectivity index (χ1n) is 17.2. The molecule has 258 valence electrons. The number of rotatable bonds is 11. The number of ether oxygens (including phenoxy) is 3. The Hall–Kier alpha value is -5.21. The molecule has 1 fully saturated rings. The molecule has 0 radical (unpaired) electrons. The fraction of sp³-hybridized carbons (Fsp3) is 0.286. The van der Waals surface area contributed by atoms with Crippen molar-refractivity contribution in [2.24, 2.45) is 0 Å². The standard InChI is InChI=1S/C42H43FN2O5/c1-42(2,3)50-41(47)44-38-27-32(43)15-20-36(38)37-19-14-31-26-34(49-28-29-10-6-4-7-11-29)18-21-35(31)39(37)40(46)30-12-16-33(17-13-30)48-25-24-45-22-8-5-9-23-45/h4,6-7,10-21,26-27H,5,8-9,22-25,28H2,1-3H3,(H,44,47). The molecule has 1 amide bonds. The maximum atomic E-state index is 14.6. The molecule has 0 aliphatic carbocycles. The number of hydrogen-bond acceptors (Lipinski definition) is 6. The van der Waals surface area contributed by atoms with Crippen molar-refractivity contribution in [3.05, 3.63) is 126 Å². The van der Waals surface area contributed by atoms with Gasteiger partial charge in [-0.3, -0.25) is 15.0 Å². The lowest BCUT2D eigenvalue weighted by atomic mass is 9.88. The van der Waals surface area contributed by atoms with Gasteiger partial charge in [0.25, 0.3) is 0 Å². The van der Waals surface area contributed by atoms with Crippen LogP contribution >= 0.6 is 0 Å². The molecule has 0 unspecified atom stereocenters. The highest BCUT2D eigenvalue weighted by Crippen LogP contribution is 2.38. The summed E-state index contributed by atoms with van der Waals surface area (Å²) in [6.45, 7) is 9.31. The number of anilines is 1. The summed E-state index contributed by atoms with van der Waals surface area (Å²) < 4.78 is 32.2. The van der Waals surface area contributed by atoms with Gasteiger partial charge in [0.05, 0.1) is 5.69 Å². The summed E-state index contributed by atoms with van der Waals surface area (Å²) in [4.78, 5) is 29.7. The molecular formula is C42H43FN2O5. The van der Waals surface area contributed by atoms with E-state index in [4.69, 9.17) is 14.2 Å². The van der Waals surface area contributed by atoms with Crippen LogP contribution in [0.15, 0.2) is 103 Å². The third-order valence-electron chi connectivity index (χ3n) is 8.62. The van der Waals surface area contributed by atoms with Gasteiger partial charge in [0.15, 0.2) is 5.78 Å². The first kappa shape index (κ1) is 34.6. The Labute approximate surface area is 293 Å². The lowest BCUT2D eigenvalue weighted by Gasteiger charge is -2.26. The Morgan fingerprint density at radius 1 is 0.780 bits per heavy atom. The third-order valence-corrected chi connectivity index (χ3v) is 8.62. The van der Waals surface area contributed by atoms with E-state index in [9.17, 15) is 14.0 Å². The van der Waals surface area contributed by atoms with Crippen LogP contribution in [0.1, 0.15) is 61.5 Å². The van der Waals surface area contributed by atoms with E-state index in [0.717, 1.165) is 30.6 Å². The minimum atomic E-state index is -0.759. The second-order valence-corrected chi connectivity index (χ2v) is 13.6. The lowest BCUT2D eigenvalue weighted by Crippen LogP contribution is -2.33. The first-order valence-corrected chi connectivity index (χ1v) is 17.2. The number of piperidine rings is 1. The van der Waals surface area contributed by atoms with E-state index in [1.807, 2.05) is 72.8 Å². The molecule has 7 nitrogen and oxygen atoms in total. The van der Waals surface area contributed by atoms with Crippen molar-refractivity contribution in [2.75, 3.05) is 31.6 Å². The summed E-state index contributed by atoms with van der Waals surface area (Å²) in [5.41, 5.74) is 2.36. The second kappa shape index (κ2) is 15.6. The van der Waals surface area contributed by atoms with Crippen LogP contribution in [0.2, 0.25) is 0 Å². The molecule has 1 aliphatic rings. The molecule has 0 atom stereocenters. The van der Waals surface area contributed by atoms with Crippen LogP contribution < -0.4 is 14.8 Å². The zero-order valence-corrected chi connectivity index (χ0v) is 28.8. The highest BCUT2D eigenvalue weighted by atomic mass is 19.1. The second-order valence-electron chi connectivity index (χ2n) is 13.6. The van der Waals surface area contributed by atoms with Gasteiger partial charge in [0.2, 0.25) is 0 Å². The molecule has 1 saturated heterocycles. The maximum Gasteiger partial charge on any atom is 0.412 e. The maximum absolute atomic E-state index is 14.6. The van der Waals surface area contributed by atoms with Gasteiger partial charge in [-0.15, -0.1) is 0 Å². The minimum absolute atomic E-state index is 0.188. The quantitative estimate of drug-likeness (QED) is 0.141. The van der Waals surface area contributed by atoms with Crippen molar-refractivity contribution in [3.8, 4) is 22.6 Å². The zero-order chi connectivity index (χ0) is 35.1. The van der Waals surface area contributed by atoms with Gasteiger partial charge in [0, 0.05) is 23.2 Å². The number of ketones is 1. The van der Waals surface area contributed by atoms with Crippen molar-refractivity contribution in [1.29, 1.82) is 0 Å². The van der Waals surface area contributed by atoms with Gasteiger partial charge in [-0.2, -0.15) is 0 Å². The predicted molar refractivity (Wildman–Crippen MR) is 196 cm³/mol. The van der Waals surface area contributed by atoms with Gasteiger partial charge in [-0.05, 0) is 129 Å². The topological polar surface area (TPSA) is 77.1 Å². The molecule has 5 aromatic rings. The minimum Gasteiger partial charge on any atom is -0.492 e. The largest absolute Gasteiger partial charge is 0.492 e. The zero-order valence-electron chi connectivity index (χ0n) is 28.8. The summed E-state index contributed by atoms with van der Waals surface area (Å²) in [5.74, 6) is 0.590. The van der Waals surface area contributed by atoms with Gasteiger partial charge in [-0.25, -0.2) is 9.18 Å². The van der Waals surface area contributed by atoms with E-state index in [1.165, 1.54) is 31.4 Å². The monoisotopic (exact) mass is 674 g/mol. The molecule has 8 heteroatoms. The predicted octanol–water partition coefficient (Wildman–Crippen LogP) is 9.67. The van der Waals surface area contributed by atoms with Crippen molar-refractivity contribution < 1.29 is 28.2 Å². The van der Waals surface area contributed by atoms with Crippen LogP contribution in [-0.4, -0.2) is 48.6 Å². The number of amides is 1. The van der Waals surface area contributed by atoms with Gasteiger partial charge in [0.1, 0.15) is 36.1 Å². The molecule has 0 saturated carbocycles. The van der Waals surface area contributed by atoms with E-state index in [1.54, 1.807) is 39.0 Å². The molecule has 1 heterocycles. The third kappa shape index (κ3) is 8.87. The Kier molecular flexibility index (Phi) is 10.8. The van der Waals surface area contributed by atoms with Gasteiger partial charge in [-0.1, -0.05) is 48.9 Å². The molecule has 50 heavy (non-hydrogen) atoms. The number of likely N-dealkylation sites (tertiary alicyclic amines) is 1. The number of hydrogen-bond donors (Lipinski definition) is 1.